The molecule has 0 radical (unpaired) electrons. The Morgan fingerprint density at radius 2 is 2.29 bits per heavy atom. The molecule has 0 bridgehead atoms. The maximum atomic E-state index is 10.4. The first-order valence-electron chi connectivity index (χ1n) is 4.79. The van der Waals surface area contributed by atoms with E-state index in [1.165, 1.54) is 0 Å². The van der Waals surface area contributed by atoms with Crippen molar-refractivity contribution < 1.29 is 4.79 Å². The van der Waals surface area contributed by atoms with Gasteiger partial charge in [-0.3, -0.25) is 4.79 Å². The number of aryl methyl sites for hydroxylation is 2. The predicted octanol–water partition coefficient (Wildman–Crippen LogP) is 1.01. The molecule has 78 valence electrons. The molecule has 1 aromatic heterocycles. The summed E-state index contributed by atoms with van der Waals surface area (Å²) in [5, 5.41) is 6.88. The van der Waals surface area contributed by atoms with Crippen LogP contribution in [0.1, 0.15) is 26.0 Å². The maximum absolute atomic E-state index is 10.4. The molecule has 0 aliphatic heterocycles. The molecule has 3 N–H and O–H groups in total. The molecule has 0 aromatic carbocycles. The molecule has 0 aliphatic carbocycles. The van der Waals surface area contributed by atoms with Crippen LogP contribution in [0, 0.1) is 0 Å². The predicted molar refractivity (Wildman–Crippen MR) is 56.0 cm³/mol. The van der Waals surface area contributed by atoms with E-state index in [4.69, 9.17) is 5.73 Å². The molecule has 0 saturated heterocycles. The summed E-state index contributed by atoms with van der Waals surface area (Å²) >= 11 is 0. The van der Waals surface area contributed by atoms with Gasteiger partial charge < -0.3 is 11.1 Å². The zero-order chi connectivity index (χ0) is 10.6. The minimum absolute atomic E-state index is 0.584. The SMILES string of the molecule is CCCc1nn(CC)c(NC=O)c1N. The van der Waals surface area contributed by atoms with Gasteiger partial charge >= 0.3 is 0 Å². The molecule has 0 unspecified atom stereocenters. The number of hydrogen-bond donors (Lipinski definition) is 2. The van der Waals surface area contributed by atoms with Crippen molar-refractivity contribution in [3.05, 3.63) is 5.69 Å². The topological polar surface area (TPSA) is 72.9 Å². The standard InChI is InChI=1S/C9H16N4O/c1-3-5-7-8(10)9(11-6-14)13(4-2)12-7/h6H,3-5,10H2,1-2H3,(H,11,14). The van der Waals surface area contributed by atoms with Gasteiger partial charge in [0.25, 0.3) is 0 Å². The molecule has 1 rings (SSSR count). The Bertz CT molecular complexity index is 319. The van der Waals surface area contributed by atoms with Gasteiger partial charge in [0, 0.05) is 6.54 Å². The highest BCUT2D eigenvalue weighted by molar-refractivity contribution is 5.78. The zero-order valence-corrected chi connectivity index (χ0v) is 8.58. The third-order valence-corrected chi connectivity index (χ3v) is 2.05. The summed E-state index contributed by atoms with van der Waals surface area (Å²) in [6.07, 6.45) is 2.45. The monoisotopic (exact) mass is 196 g/mol. The summed E-state index contributed by atoms with van der Waals surface area (Å²) in [5.41, 5.74) is 7.29. The van der Waals surface area contributed by atoms with E-state index in [0.717, 1.165) is 18.5 Å². The summed E-state index contributed by atoms with van der Waals surface area (Å²) in [6, 6.07) is 0. The van der Waals surface area contributed by atoms with E-state index in [0.29, 0.717) is 24.5 Å². The van der Waals surface area contributed by atoms with Crippen LogP contribution in [0.4, 0.5) is 11.5 Å². The lowest BCUT2D eigenvalue weighted by atomic mass is 10.2. The van der Waals surface area contributed by atoms with Crippen molar-refractivity contribution in [3.63, 3.8) is 0 Å². The maximum Gasteiger partial charge on any atom is 0.212 e. The van der Waals surface area contributed by atoms with Crippen LogP contribution in [0.3, 0.4) is 0 Å². The summed E-state index contributed by atoms with van der Waals surface area (Å²) in [6.45, 7) is 4.72. The van der Waals surface area contributed by atoms with E-state index in [-0.39, 0.29) is 0 Å². The Labute approximate surface area is 83.3 Å². The van der Waals surface area contributed by atoms with Gasteiger partial charge in [0.2, 0.25) is 6.41 Å². The normalized spacial score (nSPS) is 10.1. The minimum Gasteiger partial charge on any atom is -0.394 e. The van der Waals surface area contributed by atoms with E-state index < -0.39 is 0 Å². The molecule has 1 heterocycles. The molecule has 0 spiro atoms. The second-order valence-electron chi connectivity index (χ2n) is 3.04. The van der Waals surface area contributed by atoms with E-state index in [9.17, 15) is 4.79 Å². The Morgan fingerprint density at radius 3 is 2.79 bits per heavy atom. The molecule has 5 heteroatoms. The molecule has 1 amide bonds. The molecule has 1 aromatic rings. The van der Waals surface area contributed by atoms with Crippen LogP contribution in [0.15, 0.2) is 0 Å². The van der Waals surface area contributed by atoms with E-state index in [2.05, 4.69) is 17.3 Å². The Morgan fingerprint density at radius 1 is 1.57 bits per heavy atom. The Kier molecular flexibility index (Phi) is 3.50. The Hall–Kier alpha value is -1.52. The molecule has 0 saturated carbocycles. The van der Waals surface area contributed by atoms with Gasteiger partial charge in [0.1, 0.15) is 0 Å². The third-order valence-electron chi connectivity index (χ3n) is 2.05. The van der Waals surface area contributed by atoms with Crippen molar-refractivity contribution in [3.8, 4) is 0 Å². The quantitative estimate of drug-likeness (QED) is 0.690. The van der Waals surface area contributed by atoms with Gasteiger partial charge in [-0.2, -0.15) is 5.10 Å². The fraction of sp³-hybridized carbons (Fsp3) is 0.556. The summed E-state index contributed by atoms with van der Waals surface area (Å²) in [5.74, 6) is 0.603. The smallest absolute Gasteiger partial charge is 0.212 e. The largest absolute Gasteiger partial charge is 0.394 e. The molecular formula is C9H16N4O. The number of anilines is 2. The van der Waals surface area contributed by atoms with E-state index in [1.807, 2.05) is 6.92 Å². The van der Waals surface area contributed by atoms with Crippen molar-refractivity contribution in [2.75, 3.05) is 11.1 Å². The summed E-state index contributed by atoms with van der Waals surface area (Å²) < 4.78 is 1.70. The van der Waals surface area contributed by atoms with Gasteiger partial charge in [-0.25, -0.2) is 4.68 Å². The number of amides is 1. The van der Waals surface area contributed by atoms with Gasteiger partial charge in [0.05, 0.1) is 11.4 Å². The van der Waals surface area contributed by atoms with Crippen LogP contribution in [-0.4, -0.2) is 16.2 Å². The van der Waals surface area contributed by atoms with Gasteiger partial charge in [-0.15, -0.1) is 0 Å². The molecule has 0 fully saturated rings. The van der Waals surface area contributed by atoms with E-state index >= 15 is 0 Å². The van der Waals surface area contributed by atoms with Gasteiger partial charge in [-0.1, -0.05) is 13.3 Å². The minimum atomic E-state index is 0.584. The number of nitrogens with zero attached hydrogens (tertiary/aromatic N) is 2. The number of nitrogen functional groups attached to an aromatic ring is 1. The van der Waals surface area contributed by atoms with Crippen molar-refractivity contribution in [1.82, 2.24) is 9.78 Å². The summed E-state index contributed by atoms with van der Waals surface area (Å²) in [4.78, 5) is 10.4. The lowest BCUT2D eigenvalue weighted by molar-refractivity contribution is -0.105. The number of rotatable bonds is 5. The van der Waals surface area contributed by atoms with Crippen LogP contribution >= 0.6 is 0 Å². The molecule has 0 atom stereocenters. The molecular weight excluding hydrogens is 180 g/mol. The van der Waals surface area contributed by atoms with Gasteiger partial charge in [0.15, 0.2) is 5.82 Å². The van der Waals surface area contributed by atoms with Crippen LogP contribution < -0.4 is 11.1 Å². The third kappa shape index (κ3) is 1.86. The zero-order valence-electron chi connectivity index (χ0n) is 8.58. The fourth-order valence-corrected chi connectivity index (χ4v) is 1.38. The summed E-state index contributed by atoms with van der Waals surface area (Å²) in [7, 11) is 0. The first-order valence-corrected chi connectivity index (χ1v) is 4.79. The van der Waals surface area contributed by atoms with Gasteiger partial charge in [-0.05, 0) is 13.3 Å². The lowest BCUT2D eigenvalue weighted by Crippen LogP contribution is -2.06. The van der Waals surface area contributed by atoms with Crippen LogP contribution in [0.25, 0.3) is 0 Å². The van der Waals surface area contributed by atoms with Crippen molar-refractivity contribution in [2.24, 2.45) is 0 Å². The molecule has 5 nitrogen and oxygen atoms in total. The highest BCUT2D eigenvalue weighted by atomic mass is 16.1. The average molecular weight is 196 g/mol. The molecule has 0 aliphatic rings. The highest BCUT2D eigenvalue weighted by Gasteiger charge is 2.12. The second-order valence-corrected chi connectivity index (χ2v) is 3.04. The van der Waals surface area contributed by atoms with Crippen LogP contribution in [-0.2, 0) is 17.8 Å². The van der Waals surface area contributed by atoms with Crippen molar-refractivity contribution >= 4 is 17.9 Å². The number of carbonyl (C=O) groups is 1. The number of nitrogens with one attached hydrogen (secondary N) is 1. The highest BCUT2D eigenvalue weighted by Crippen LogP contribution is 2.23. The number of hydrogen-bond acceptors (Lipinski definition) is 3. The van der Waals surface area contributed by atoms with Crippen molar-refractivity contribution in [2.45, 2.75) is 33.2 Å². The van der Waals surface area contributed by atoms with E-state index in [1.54, 1.807) is 4.68 Å². The van der Waals surface area contributed by atoms with Crippen molar-refractivity contribution in [1.29, 1.82) is 0 Å². The molecule has 14 heavy (non-hydrogen) atoms. The first kappa shape index (κ1) is 10.6. The number of nitrogens with two attached hydrogens (primary N) is 1. The number of aromatic nitrogens is 2. The fourth-order valence-electron chi connectivity index (χ4n) is 1.38. The Balaban J connectivity index is 3.04. The second kappa shape index (κ2) is 4.64. The average Bonchev–Trinajstić information content (AvgIpc) is 2.47. The van der Waals surface area contributed by atoms with Crippen LogP contribution in [0.5, 0.6) is 0 Å². The number of carbonyl (C=O) groups excluding carboxylic acids is 1. The lowest BCUT2D eigenvalue weighted by Gasteiger charge is -2.02. The first-order chi connectivity index (χ1) is 6.74. The van der Waals surface area contributed by atoms with Crippen LogP contribution in [0.2, 0.25) is 0 Å².